The smallest absolute Gasteiger partial charge is 0.149 e. The van der Waals surface area contributed by atoms with Gasteiger partial charge in [0.1, 0.15) is 8.24 Å². The minimum atomic E-state index is -1.26. The molecule has 0 spiro atoms. The summed E-state index contributed by atoms with van der Waals surface area (Å²) in [6.45, 7) is 11.8. The lowest BCUT2D eigenvalue weighted by Gasteiger charge is -2.28. The van der Waals surface area contributed by atoms with Gasteiger partial charge in [0.15, 0.2) is 0 Å². The van der Waals surface area contributed by atoms with E-state index < -0.39 is 8.24 Å². The predicted octanol–water partition coefficient (Wildman–Crippen LogP) is 3.09. The summed E-state index contributed by atoms with van der Waals surface area (Å²) in [5.74, 6) is 0. The summed E-state index contributed by atoms with van der Waals surface area (Å²) < 4.78 is 0. The van der Waals surface area contributed by atoms with Gasteiger partial charge in [0.2, 0.25) is 0 Å². The van der Waals surface area contributed by atoms with Gasteiger partial charge in [0.25, 0.3) is 0 Å². The third kappa shape index (κ3) is 3.54. The van der Waals surface area contributed by atoms with Gasteiger partial charge in [0, 0.05) is 0 Å². The van der Waals surface area contributed by atoms with E-state index in [0.717, 1.165) is 6.54 Å². The van der Waals surface area contributed by atoms with Crippen LogP contribution in [0.3, 0.4) is 0 Å². The molecule has 1 nitrogen and oxygen atoms in total. The van der Waals surface area contributed by atoms with Crippen molar-refractivity contribution in [2.75, 3.05) is 6.54 Å². The Kier molecular flexibility index (Phi) is 6.39. The Morgan fingerprint density at radius 2 is 1.67 bits per heavy atom. The summed E-state index contributed by atoms with van der Waals surface area (Å²) >= 11 is 0. The van der Waals surface area contributed by atoms with Crippen molar-refractivity contribution in [2.24, 2.45) is 0 Å². The fourth-order valence-corrected chi connectivity index (χ4v) is 5.47. The van der Waals surface area contributed by atoms with E-state index in [0.29, 0.717) is 0 Å². The number of hydrogen-bond acceptors (Lipinski definition) is 1. The first-order valence-corrected chi connectivity index (χ1v) is 7.62. The maximum atomic E-state index is 3.99. The van der Waals surface area contributed by atoms with E-state index in [1.807, 2.05) is 0 Å². The highest BCUT2D eigenvalue weighted by atomic mass is 28.3. The van der Waals surface area contributed by atoms with Gasteiger partial charge in [-0.05, 0) is 18.6 Å². The summed E-state index contributed by atoms with van der Waals surface area (Å²) in [5.41, 5.74) is 2.23. The third-order valence-corrected chi connectivity index (χ3v) is 6.94. The Balaban J connectivity index is 4.16. The van der Waals surface area contributed by atoms with Crippen LogP contribution in [0.2, 0.25) is 12.1 Å². The van der Waals surface area contributed by atoms with E-state index in [4.69, 9.17) is 0 Å². The summed E-state index contributed by atoms with van der Waals surface area (Å²) in [6, 6.07) is 2.69. The molecule has 0 aromatic rings. The number of hydrogen-bond donors (Lipinski definition) is 1. The van der Waals surface area contributed by atoms with Crippen LogP contribution < -0.4 is 4.98 Å². The van der Waals surface area contributed by atoms with Crippen molar-refractivity contribution in [3.05, 3.63) is 12.3 Å². The molecule has 1 N–H and O–H groups in total. The number of nitrogens with one attached hydrogen (secondary N) is 1. The van der Waals surface area contributed by atoms with Gasteiger partial charge in [0.05, 0.1) is 0 Å². The SMILES string of the molecule is C=C[Si](CCC)(CCC)NCC. The maximum Gasteiger partial charge on any atom is 0.149 e. The molecule has 2 heteroatoms. The molecule has 0 saturated heterocycles. The Morgan fingerprint density at radius 1 is 1.17 bits per heavy atom. The monoisotopic (exact) mass is 185 g/mol. The number of rotatable bonds is 7. The second-order valence-corrected chi connectivity index (χ2v) is 7.46. The van der Waals surface area contributed by atoms with Gasteiger partial charge < -0.3 is 4.98 Å². The van der Waals surface area contributed by atoms with Crippen molar-refractivity contribution in [3.63, 3.8) is 0 Å². The van der Waals surface area contributed by atoms with Crippen molar-refractivity contribution in [3.8, 4) is 0 Å². The van der Waals surface area contributed by atoms with E-state index >= 15 is 0 Å². The quantitative estimate of drug-likeness (QED) is 0.601. The van der Waals surface area contributed by atoms with Gasteiger partial charge in [-0.3, -0.25) is 0 Å². The fourth-order valence-electron chi connectivity index (χ4n) is 1.82. The fraction of sp³-hybridized carbons (Fsp3) is 0.800. The van der Waals surface area contributed by atoms with E-state index in [-0.39, 0.29) is 0 Å². The van der Waals surface area contributed by atoms with Crippen LogP contribution in [0.4, 0.5) is 0 Å². The first-order chi connectivity index (χ1) is 5.74. The minimum absolute atomic E-state index is 1.10. The maximum absolute atomic E-state index is 3.99. The Morgan fingerprint density at radius 3 is 1.92 bits per heavy atom. The molecule has 0 bridgehead atoms. The zero-order chi connectivity index (χ0) is 9.45. The third-order valence-electron chi connectivity index (χ3n) is 2.31. The molecule has 0 radical (unpaired) electrons. The van der Waals surface area contributed by atoms with Crippen LogP contribution >= 0.6 is 0 Å². The molecule has 0 aliphatic carbocycles. The zero-order valence-electron chi connectivity index (χ0n) is 8.82. The molecule has 0 aromatic carbocycles. The first-order valence-electron chi connectivity index (χ1n) is 5.13. The van der Waals surface area contributed by atoms with Crippen LogP contribution in [0.1, 0.15) is 33.6 Å². The first kappa shape index (κ1) is 11.9. The zero-order valence-corrected chi connectivity index (χ0v) is 9.82. The molecule has 12 heavy (non-hydrogen) atoms. The Bertz CT molecular complexity index is 106. The lowest BCUT2D eigenvalue weighted by atomic mass is 10.6. The van der Waals surface area contributed by atoms with E-state index in [9.17, 15) is 0 Å². The second kappa shape index (κ2) is 6.43. The van der Waals surface area contributed by atoms with Crippen LogP contribution in [0.25, 0.3) is 0 Å². The van der Waals surface area contributed by atoms with Crippen LogP contribution in [-0.4, -0.2) is 14.8 Å². The summed E-state index contributed by atoms with van der Waals surface area (Å²) in [7, 11) is -1.26. The molecule has 0 aliphatic rings. The van der Waals surface area contributed by atoms with Gasteiger partial charge in [-0.2, -0.15) is 0 Å². The standard InChI is InChI=1S/C10H23NSi/c1-5-9-12(8-4,10-6-2)11-7-3/h8,11H,4-7,9-10H2,1-3H3. The largest absolute Gasteiger partial charge is 0.334 e. The molecule has 0 rings (SSSR count). The molecule has 0 atom stereocenters. The van der Waals surface area contributed by atoms with Crippen LogP contribution in [0, 0.1) is 0 Å². The lowest BCUT2D eigenvalue weighted by Crippen LogP contribution is -2.48. The molecule has 0 aromatic heterocycles. The minimum Gasteiger partial charge on any atom is -0.334 e. The molecule has 0 heterocycles. The molecule has 0 aliphatic heterocycles. The van der Waals surface area contributed by atoms with Gasteiger partial charge in [-0.25, -0.2) is 0 Å². The van der Waals surface area contributed by atoms with Crippen molar-refractivity contribution in [1.82, 2.24) is 4.98 Å². The van der Waals surface area contributed by atoms with Gasteiger partial charge in [-0.1, -0.05) is 39.3 Å². The summed E-state index contributed by atoms with van der Waals surface area (Å²) in [4.78, 5) is 3.67. The highest BCUT2D eigenvalue weighted by Gasteiger charge is 2.25. The summed E-state index contributed by atoms with van der Waals surface area (Å²) in [6.07, 6.45) is 2.57. The van der Waals surface area contributed by atoms with Gasteiger partial charge in [-0.15, -0.1) is 6.58 Å². The Hall–Kier alpha value is -0.0831. The highest BCUT2D eigenvalue weighted by Crippen LogP contribution is 2.17. The topological polar surface area (TPSA) is 12.0 Å². The second-order valence-electron chi connectivity index (χ2n) is 3.39. The van der Waals surface area contributed by atoms with Crippen LogP contribution in [-0.2, 0) is 0 Å². The van der Waals surface area contributed by atoms with Crippen LogP contribution in [0.15, 0.2) is 12.3 Å². The van der Waals surface area contributed by atoms with Crippen molar-refractivity contribution in [2.45, 2.75) is 45.7 Å². The Labute approximate surface area is 78.3 Å². The van der Waals surface area contributed by atoms with E-state index in [2.05, 4.69) is 38.0 Å². The molecular formula is C10H23NSi. The molecular weight excluding hydrogens is 162 g/mol. The molecule has 0 saturated carbocycles. The van der Waals surface area contributed by atoms with Gasteiger partial charge >= 0.3 is 0 Å². The molecule has 0 unspecified atom stereocenters. The molecule has 0 fully saturated rings. The molecule has 72 valence electrons. The highest BCUT2D eigenvalue weighted by molar-refractivity contribution is 6.82. The van der Waals surface area contributed by atoms with E-state index in [1.165, 1.54) is 24.9 Å². The van der Waals surface area contributed by atoms with Crippen molar-refractivity contribution < 1.29 is 0 Å². The van der Waals surface area contributed by atoms with E-state index in [1.54, 1.807) is 0 Å². The molecule has 0 amide bonds. The summed E-state index contributed by atoms with van der Waals surface area (Å²) in [5, 5.41) is 0. The average molecular weight is 185 g/mol. The normalized spacial score (nSPS) is 11.6. The van der Waals surface area contributed by atoms with Crippen molar-refractivity contribution >= 4 is 8.24 Å². The predicted molar refractivity (Wildman–Crippen MR) is 59.8 cm³/mol. The van der Waals surface area contributed by atoms with Crippen LogP contribution in [0.5, 0.6) is 0 Å². The average Bonchev–Trinajstić information content (AvgIpc) is 2.06. The van der Waals surface area contributed by atoms with Crippen molar-refractivity contribution in [1.29, 1.82) is 0 Å². The lowest BCUT2D eigenvalue weighted by molar-refractivity contribution is 0.882.